The van der Waals surface area contributed by atoms with Crippen LogP contribution in [-0.4, -0.2) is 12.5 Å². The number of rotatable bonds is 3. The van der Waals surface area contributed by atoms with Gasteiger partial charge in [-0.1, -0.05) is 24.6 Å². The number of hydrogen-bond acceptors (Lipinski definition) is 1. The Hall–Kier alpha value is -0.500. The average Bonchev–Trinajstić information content (AvgIpc) is 2.56. The minimum absolute atomic E-state index is 0.177. The first-order chi connectivity index (χ1) is 6.20. The van der Waals surface area contributed by atoms with Crippen LogP contribution < -0.4 is 5.32 Å². The van der Waals surface area contributed by atoms with Gasteiger partial charge < -0.3 is 5.32 Å². The van der Waals surface area contributed by atoms with E-state index in [2.05, 4.69) is 11.9 Å². The molecule has 2 rings (SSSR count). The van der Waals surface area contributed by atoms with Gasteiger partial charge in [-0.2, -0.15) is 0 Å². The second kappa shape index (κ2) is 3.33. The quantitative estimate of drug-likeness (QED) is 0.739. The molecule has 1 N–H and O–H groups in total. The summed E-state index contributed by atoms with van der Waals surface area (Å²) in [6.45, 7) is 3.94. The Bertz CT molecular complexity index is 241. The molecule has 2 unspecified atom stereocenters. The molecule has 3 heteroatoms. The fraction of sp³-hybridized carbons (Fsp3) is 0.700. The second-order valence-electron chi connectivity index (χ2n) is 4.02. The number of fused-ring (bicyclic) bond motifs is 1. The van der Waals surface area contributed by atoms with Crippen LogP contribution in [-0.2, 0) is 4.79 Å². The first-order valence-electron chi connectivity index (χ1n) is 4.81. The molecule has 0 radical (unpaired) electrons. The standard InChI is InChI=1S/C10H14ClNO/c1-6(11)5-12-10(13)9-7-3-2-4-8(7)9/h7-9H,1-5H2,(H,12,13). The van der Waals surface area contributed by atoms with Crippen LogP contribution in [0.4, 0.5) is 0 Å². The van der Waals surface area contributed by atoms with Gasteiger partial charge in [0.2, 0.25) is 5.91 Å². The summed E-state index contributed by atoms with van der Waals surface area (Å²) in [5.41, 5.74) is 0. The zero-order valence-electron chi connectivity index (χ0n) is 7.55. The third-order valence-corrected chi connectivity index (χ3v) is 3.30. The smallest absolute Gasteiger partial charge is 0.223 e. The first-order valence-corrected chi connectivity index (χ1v) is 5.19. The molecule has 2 aliphatic carbocycles. The van der Waals surface area contributed by atoms with Gasteiger partial charge in [-0.05, 0) is 24.7 Å². The van der Waals surface area contributed by atoms with Crippen LogP contribution in [0.5, 0.6) is 0 Å². The lowest BCUT2D eigenvalue weighted by Crippen LogP contribution is -2.27. The summed E-state index contributed by atoms with van der Waals surface area (Å²) in [5.74, 6) is 1.84. The summed E-state index contributed by atoms with van der Waals surface area (Å²) < 4.78 is 0. The van der Waals surface area contributed by atoms with E-state index in [-0.39, 0.29) is 5.91 Å². The summed E-state index contributed by atoms with van der Waals surface area (Å²) >= 11 is 5.56. The predicted octanol–water partition coefficient (Wildman–Crippen LogP) is 1.90. The zero-order valence-corrected chi connectivity index (χ0v) is 8.31. The van der Waals surface area contributed by atoms with Crippen molar-refractivity contribution in [1.82, 2.24) is 5.32 Å². The van der Waals surface area contributed by atoms with Crippen molar-refractivity contribution in [3.63, 3.8) is 0 Å². The van der Waals surface area contributed by atoms with E-state index in [1.165, 1.54) is 19.3 Å². The molecule has 0 aromatic rings. The minimum Gasteiger partial charge on any atom is -0.351 e. The van der Waals surface area contributed by atoms with Crippen LogP contribution in [0.15, 0.2) is 11.6 Å². The van der Waals surface area contributed by atoms with Crippen molar-refractivity contribution in [3.8, 4) is 0 Å². The molecule has 0 aliphatic heterocycles. The molecule has 0 spiro atoms. The highest BCUT2D eigenvalue weighted by Crippen LogP contribution is 2.57. The van der Waals surface area contributed by atoms with Gasteiger partial charge in [-0.3, -0.25) is 4.79 Å². The van der Waals surface area contributed by atoms with E-state index in [1.54, 1.807) is 0 Å². The van der Waals surface area contributed by atoms with Crippen LogP contribution in [0, 0.1) is 17.8 Å². The van der Waals surface area contributed by atoms with Gasteiger partial charge in [0.05, 0.1) is 6.54 Å². The van der Waals surface area contributed by atoms with Crippen molar-refractivity contribution in [1.29, 1.82) is 0 Å². The predicted molar refractivity (Wildman–Crippen MR) is 52.3 cm³/mol. The summed E-state index contributed by atoms with van der Waals surface area (Å²) in [5, 5.41) is 3.30. The molecule has 0 bridgehead atoms. The van der Waals surface area contributed by atoms with E-state index in [0.29, 0.717) is 29.3 Å². The number of nitrogens with one attached hydrogen (secondary N) is 1. The SMILES string of the molecule is C=C(Cl)CNC(=O)C1C2CCCC21. The van der Waals surface area contributed by atoms with E-state index >= 15 is 0 Å². The largest absolute Gasteiger partial charge is 0.351 e. The van der Waals surface area contributed by atoms with Crippen LogP contribution >= 0.6 is 11.6 Å². The number of carbonyl (C=O) groups excluding carboxylic acids is 1. The van der Waals surface area contributed by atoms with Gasteiger partial charge in [-0.15, -0.1) is 0 Å². The molecule has 72 valence electrons. The Balaban J connectivity index is 1.77. The molecule has 0 saturated heterocycles. The Labute approximate surface area is 83.3 Å². The van der Waals surface area contributed by atoms with Crippen LogP contribution in [0.25, 0.3) is 0 Å². The van der Waals surface area contributed by atoms with Crippen molar-refractivity contribution in [3.05, 3.63) is 11.6 Å². The molecule has 2 atom stereocenters. The van der Waals surface area contributed by atoms with E-state index in [1.807, 2.05) is 0 Å². The van der Waals surface area contributed by atoms with Crippen LogP contribution in [0.2, 0.25) is 0 Å². The molecule has 0 aromatic carbocycles. The van der Waals surface area contributed by atoms with E-state index in [9.17, 15) is 4.79 Å². The fourth-order valence-electron chi connectivity index (χ4n) is 2.51. The Morgan fingerprint density at radius 3 is 2.62 bits per heavy atom. The van der Waals surface area contributed by atoms with Crippen LogP contribution in [0.1, 0.15) is 19.3 Å². The number of carbonyl (C=O) groups is 1. The van der Waals surface area contributed by atoms with E-state index in [0.717, 1.165) is 0 Å². The maximum atomic E-state index is 11.5. The van der Waals surface area contributed by atoms with Gasteiger partial charge in [-0.25, -0.2) is 0 Å². The number of hydrogen-bond donors (Lipinski definition) is 1. The van der Waals surface area contributed by atoms with E-state index in [4.69, 9.17) is 11.6 Å². The maximum absolute atomic E-state index is 11.5. The fourth-order valence-corrected chi connectivity index (χ4v) is 2.58. The summed E-state index contributed by atoms with van der Waals surface area (Å²) in [7, 11) is 0. The molecule has 0 aromatic heterocycles. The summed E-state index contributed by atoms with van der Waals surface area (Å²) in [6, 6.07) is 0. The number of halogens is 1. The lowest BCUT2D eigenvalue weighted by molar-refractivity contribution is -0.122. The first kappa shape index (κ1) is 9.07. The average molecular weight is 200 g/mol. The van der Waals surface area contributed by atoms with Gasteiger partial charge >= 0.3 is 0 Å². The lowest BCUT2D eigenvalue weighted by atomic mass is 10.1. The Morgan fingerprint density at radius 1 is 1.46 bits per heavy atom. The van der Waals surface area contributed by atoms with Crippen molar-refractivity contribution in [2.24, 2.45) is 17.8 Å². The molecule has 2 saturated carbocycles. The van der Waals surface area contributed by atoms with Crippen molar-refractivity contribution < 1.29 is 4.79 Å². The molecule has 2 nitrogen and oxygen atoms in total. The third kappa shape index (κ3) is 1.73. The van der Waals surface area contributed by atoms with E-state index < -0.39 is 0 Å². The normalized spacial score (nSPS) is 35.3. The van der Waals surface area contributed by atoms with Gasteiger partial charge in [0.15, 0.2) is 0 Å². The highest BCUT2D eigenvalue weighted by Gasteiger charge is 2.56. The maximum Gasteiger partial charge on any atom is 0.223 e. The Morgan fingerprint density at radius 2 is 2.08 bits per heavy atom. The molecular weight excluding hydrogens is 186 g/mol. The van der Waals surface area contributed by atoms with Gasteiger partial charge in [0.1, 0.15) is 0 Å². The second-order valence-corrected chi connectivity index (χ2v) is 4.55. The van der Waals surface area contributed by atoms with Crippen molar-refractivity contribution >= 4 is 17.5 Å². The molecular formula is C10H14ClNO. The minimum atomic E-state index is 0.177. The zero-order chi connectivity index (χ0) is 9.42. The monoisotopic (exact) mass is 199 g/mol. The topological polar surface area (TPSA) is 29.1 Å². The summed E-state index contributed by atoms with van der Waals surface area (Å²) in [4.78, 5) is 11.5. The number of amides is 1. The van der Waals surface area contributed by atoms with Crippen molar-refractivity contribution in [2.45, 2.75) is 19.3 Å². The van der Waals surface area contributed by atoms with Crippen molar-refractivity contribution in [2.75, 3.05) is 6.54 Å². The molecule has 1 amide bonds. The third-order valence-electron chi connectivity index (χ3n) is 3.16. The molecule has 2 aliphatic rings. The molecule has 0 heterocycles. The highest BCUT2D eigenvalue weighted by molar-refractivity contribution is 6.29. The Kier molecular flexibility index (Phi) is 2.33. The van der Waals surface area contributed by atoms with Gasteiger partial charge in [0, 0.05) is 11.0 Å². The van der Waals surface area contributed by atoms with Crippen LogP contribution in [0.3, 0.4) is 0 Å². The molecule has 13 heavy (non-hydrogen) atoms. The molecule has 2 fully saturated rings. The lowest BCUT2D eigenvalue weighted by Gasteiger charge is -2.04. The summed E-state index contributed by atoms with van der Waals surface area (Å²) in [6.07, 6.45) is 3.79. The highest BCUT2D eigenvalue weighted by atomic mass is 35.5. The van der Waals surface area contributed by atoms with Gasteiger partial charge in [0.25, 0.3) is 0 Å².